The Morgan fingerprint density at radius 1 is 1.06 bits per heavy atom. The van der Waals surface area contributed by atoms with Crippen LogP contribution in [-0.2, 0) is 19.6 Å². The molecule has 9 heteroatoms. The van der Waals surface area contributed by atoms with Gasteiger partial charge < -0.3 is 9.64 Å². The van der Waals surface area contributed by atoms with E-state index in [1.165, 1.54) is 4.72 Å². The number of aromatic nitrogens is 2. The monoisotopic (exact) mass is 509 g/mol. The molecule has 1 aromatic heterocycles. The number of rotatable bonds is 12. The summed E-state index contributed by atoms with van der Waals surface area (Å²) in [5.41, 5.74) is 1.67. The summed E-state index contributed by atoms with van der Waals surface area (Å²) in [5.74, 6) is -1.86. The molecule has 0 aliphatic rings. The summed E-state index contributed by atoms with van der Waals surface area (Å²) in [4.78, 5) is 21.6. The van der Waals surface area contributed by atoms with Gasteiger partial charge in [0.2, 0.25) is 10.0 Å². The smallest absolute Gasteiger partial charge is 0.259 e. The van der Waals surface area contributed by atoms with E-state index in [9.17, 15) is 13.2 Å². The number of sulfonamides is 1. The van der Waals surface area contributed by atoms with Crippen molar-refractivity contribution in [2.45, 2.75) is 32.5 Å². The summed E-state index contributed by atoms with van der Waals surface area (Å²) in [7, 11) is -5.09. The van der Waals surface area contributed by atoms with Gasteiger partial charge in [-0.25, -0.2) is 13.4 Å². The Morgan fingerprint density at radius 2 is 1.71 bits per heavy atom. The van der Waals surface area contributed by atoms with Crippen LogP contribution >= 0.6 is 0 Å². The van der Waals surface area contributed by atoms with Gasteiger partial charge in [0.25, 0.3) is 5.91 Å². The number of carbonyl (C=O) groups is 1. The van der Waals surface area contributed by atoms with Crippen molar-refractivity contribution < 1.29 is 35.8 Å². The number of hydrogen-bond acceptors (Lipinski definition) is 7. The van der Waals surface area contributed by atoms with Gasteiger partial charge in [0.05, 0.1) is 23.8 Å². The molecule has 0 spiro atoms. The summed E-state index contributed by atoms with van der Waals surface area (Å²) in [6, 6.07) is 14.9. The molecule has 0 saturated heterocycles. The van der Waals surface area contributed by atoms with E-state index in [1.807, 2.05) is 0 Å². The van der Waals surface area contributed by atoms with Crippen LogP contribution in [0.25, 0.3) is 22.5 Å². The highest BCUT2D eigenvalue weighted by atomic mass is 32.2. The zero-order valence-electron chi connectivity index (χ0n) is 31.4. The maximum Gasteiger partial charge on any atom is 0.259 e. The number of carbonyl (C=O) groups excluding carboxylic acids is 1. The molecule has 0 bridgehead atoms. The number of hydrogen-bond donors (Lipinski definition) is 1. The second-order valence-electron chi connectivity index (χ2n) is 7.06. The fourth-order valence-corrected chi connectivity index (χ4v) is 3.35. The quantitative estimate of drug-likeness (QED) is 0.395. The Balaban J connectivity index is 2.05. The van der Waals surface area contributed by atoms with Gasteiger partial charge in [-0.2, -0.15) is 0 Å². The third-order valence-corrected chi connectivity index (χ3v) is 4.99. The minimum Gasteiger partial charge on any atom is -0.372 e. The molecule has 186 valence electrons. The first-order valence-electron chi connectivity index (χ1n) is 16.7. The number of benzene rings is 2. The zero-order chi connectivity index (χ0) is 36.3. The maximum absolute atomic E-state index is 12.0. The fraction of sp³-hybridized carbons (Fsp3) is 0.346. The van der Waals surface area contributed by atoms with Crippen LogP contribution in [0.2, 0.25) is 0 Å². The molecule has 0 atom stereocenters. The van der Waals surface area contributed by atoms with E-state index >= 15 is 0 Å². The lowest BCUT2D eigenvalue weighted by atomic mass is 10.0. The minimum absolute atomic E-state index is 0.198. The molecular formula is C26H32N4O4S. The SMILES string of the molecule is [2H]C([2H])([2H])C(N(CC([2H])([2H])C([2H])([2H])COCC(=O)NS(=O)(=O)C([2H])([2H])[2H])c1cnc(-c2ccccc2)c(-c2ccccc2)n1)C([2H])([2H])[2H]. The van der Waals surface area contributed by atoms with Crippen molar-refractivity contribution in [1.29, 1.82) is 0 Å². The van der Waals surface area contributed by atoms with Crippen LogP contribution in [0, 0.1) is 0 Å². The molecular weight excluding hydrogens is 464 g/mol. The molecule has 0 aliphatic carbocycles. The summed E-state index contributed by atoms with van der Waals surface area (Å²) in [5, 5.41) is 0. The first-order chi connectivity index (χ1) is 21.9. The molecule has 1 N–H and O–H groups in total. The van der Waals surface area contributed by atoms with Crippen LogP contribution in [0.4, 0.5) is 5.82 Å². The second kappa shape index (κ2) is 12.4. The van der Waals surface area contributed by atoms with Crippen molar-refractivity contribution in [1.82, 2.24) is 14.7 Å². The van der Waals surface area contributed by atoms with Crippen molar-refractivity contribution >= 4 is 21.7 Å². The van der Waals surface area contributed by atoms with Crippen molar-refractivity contribution in [2.75, 3.05) is 30.8 Å². The highest BCUT2D eigenvalue weighted by Gasteiger charge is 2.17. The Labute approximate surface area is 225 Å². The average molecular weight is 510 g/mol. The number of anilines is 1. The predicted octanol–water partition coefficient (Wildman–Crippen LogP) is 3.90. The molecule has 0 saturated carbocycles. The van der Waals surface area contributed by atoms with Crippen LogP contribution in [0.1, 0.15) is 44.3 Å². The number of amides is 1. The average Bonchev–Trinajstić information content (AvgIpc) is 2.95. The standard InChI is InChI=1S/C26H32N4O4S/c1-20(2)30(16-10-11-17-34-19-24(31)29-35(3,32)33)23-18-27-25(21-12-6-4-7-13-21)26(28-23)22-14-8-5-9-15-22/h4-9,12-15,18,20H,10-11,16-17,19H2,1-3H3,(H,29,31)/i1D3,2D3,3D3,10D2,11D2. The van der Waals surface area contributed by atoms with Crippen molar-refractivity contribution in [3.8, 4) is 22.5 Å². The molecule has 8 nitrogen and oxygen atoms in total. The van der Waals surface area contributed by atoms with Gasteiger partial charge in [0, 0.05) is 48.1 Å². The van der Waals surface area contributed by atoms with E-state index in [4.69, 9.17) is 22.6 Å². The largest absolute Gasteiger partial charge is 0.372 e. The minimum atomic E-state index is -5.09. The van der Waals surface area contributed by atoms with E-state index in [2.05, 4.69) is 9.97 Å². The molecule has 3 aromatic rings. The summed E-state index contributed by atoms with van der Waals surface area (Å²) in [6.45, 7) is -10.2. The topological polar surface area (TPSA) is 101 Å². The number of ether oxygens (including phenoxy) is 1. The van der Waals surface area contributed by atoms with Crippen molar-refractivity contribution in [3.05, 3.63) is 66.9 Å². The van der Waals surface area contributed by atoms with Crippen LogP contribution in [0.15, 0.2) is 66.9 Å². The first kappa shape index (κ1) is 13.7. The highest BCUT2D eigenvalue weighted by molar-refractivity contribution is 7.89. The summed E-state index contributed by atoms with van der Waals surface area (Å²) in [6.07, 6.45) is -8.70. The molecule has 0 aliphatic heterocycles. The van der Waals surface area contributed by atoms with E-state index in [0.29, 0.717) is 21.7 Å². The lowest BCUT2D eigenvalue weighted by molar-refractivity contribution is -0.123. The normalized spacial score (nSPS) is 18.8. The van der Waals surface area contributed by atoms with E-state index in [0.717, 1.165) is 6.20 Å². The van der Waals surface area contributed by atoms with Gasteiger partial charge in [-0.3, -0.25) is 14.5 Å². The zero-order valence-corrected chi connectivity index (χ0v) is 19.2. The molecule has 0 fully saturated rings. The van der Waals surface area contributed by atoms with Gasteiger partial charge in [-0.1, -0.05) is 60.7 Å². The van der Waals surface area contributed by atoms with E-state index < -0.39 is 74.4 Å². The number of nitrogens with one attached hydrogen (secondary N) is 1. The molecule has 0 radical (unpaired) electrons. The maximum atomic E-state index is 12.0. The van der Waals surface area contributed by atoms with Crippen LogP contribution in [0.5, 0.6) is 0 Å². The van der Waals surface area contributed by atoms with Gasteiger partial charge in [-0.15, -0.1) is 0 Å². The van der Waals surface area contributed by atoms with E-state index in [-0.39, 0.29) is 11.5 Å². The summed E-state index contributed by atoms with van der Waals surface area (Å²) < 4.78 is 133. The molecule has 2 aromatic carbocycles. The highest BCUT2D eigenvalue weighted by Crippen LogP contribution is 2.30. The Kier molecular flexibility index (Phi) is 4.86. The molecule has 1 amide bonds. The predicted molar refractivity (Wildman–Crippen MR) is 138 cm³/mol. The third-order valence-electron chi connectivity index (χ3n) is 4.49. The van der Waals surface area contributed by atoms with Gasteiger partial charge >= 0.3 is 0 Å². The Bertz CT molecular complexity index is 1650. The number of nitrogens with zero attached hydrogens (tertiary/aromatic N) is 3. The summed E-state index contributed by atoms with van der Waals surface area (Å²) >= 11 is 0. The fourth-order valence-electron chi connectivity index (χ4n) is 2.99. The lowest BCUT2D eigenvalue weighted by Crippen LogP contribution is -2.33. The Morgan fingerprint density at radius 3 is 2.34 bits per heavy atom. The van der Waals surface area contributed by atoms with Crippen LogP contribution in [-0.4, -0.2) is 56.3 Å². The van der Waals surface area contributed by atoms with E-state index in [1.54, 1.807) is 60.7 Å². The van der Waals surface area contributed by atoms with Crippen LogP contribution < -0.4 is 9.62 Å². The van der Waals surface area contributed by atoms with Gasteiger partial charge in [0.1, 0.15) is 12.4 Å². The molecule has 35 heavy (non-hydrogen) atoms. The molecule has 1 heterocycles. The lowest BCUT2D eigenvalue weighted by Gasteiger charge is -2.28. The van der Waals surface area contributed by atoms with Crippen molar-refractivity contribution in [3.63, 3.8) is 0 Å². The van der Waals surface area contributed by atoms with Crippen LogP contribution in [0.3, 0.4) is 0 Å². The second-order valence-corrected chi connectivity index (χ2v) is 8.27. The first-order valence-corrected chi connectivity index (χ1v) is 11.7. The van der Waals surface area contributed by atoms with Crippen molar-refractivity contribution in [2.24, 2.45) is 0 Å². The third kappa shape index (κ3) is 8.15. The van der Waals surface area contributed by atoms with Gasteiger partial charge in [-0.05, 0) is 26.4 Å². The molecule has 3 rings (SSSR count). The Hall–Kier alpha value is -3.30. The van der Waals surface area contributed by atoms with Gasteiger partial charge in [0.15, 0.2) is 0 Å². The molecule has 0 unspecified atom stereocenters.